The largest absolute Gasteiger partial charge is 0.336 e. The van der Waals surface area contributed by atoms with E-state index in [9.17, 15) is 4.79 Å². The molecule has 20 heavy (non-hydrogen) atoms. The van der Waals surface area contributed by atoms with E-state index in [0.717, 1.165) is 19.4 Å². The fourth-order valence-corrected chi connectivity index (χ4v) is 2.61. The van der Waals surface area contributed by atoms with Crippen molar-refractivity contribution >= 4 is 5.91 Å². The highest BCUT2D eigenvalue weighted by Crippen LogP contribution is 2.32. The van der Waals surface area contributed by atoms with Crippen molar-refractivity contribution in [1.82, 2.24) is 9.88 Å². The van der Waals surface area contributed by atoms with Crippen LogP contribution in [0.1, 0.15) is 51.6 Å². The second-order valence-corrected chi connectivity index (χ2v) is 6.70. The zero-order valence-corrected chi connectivity index (χ0v) is 12.7. The Morgan fingerprint density at radius 2 is 2.10 bits per heavy atom. The summed E-state index contributed by atoms with van der Waals surface area (Å²) in [5.74, 6) is 0.173. The molecule has 1 amide bonds. The van der Waals surface area contributed by atoms with Crippen LogP contribution in [0.5, 0.6) is 0 Å². The van der Waals surface area contributed by atoms with Gasteiger partial charge in [-0.3, -0.25) is 9.78 Å². The van der Waals surface area contributed by atoms with Crippen molar-refractivity contribution < 1.29 is 4.79 Å². The molecule has 0 aliphatic carbocycles. The molecule has 4 heteroatoms. The molecule has 2 rings (SSSR count). The highest BCUT2D eigenvalue weighted by atomic mass is 16.2. The topological polar surface area (TPSA) is 59.2 Å². The number of pyridine rings is 1. The molecule has 0 spiro atoms. The first-order valence-corrected chi connectivity index (χ1v) is 7.34. The van der Waals surface area contributed by atoms with Crippen molar-refractivity contribution in [2.45, 2.75) is 52.1 Å². The van der Waals surface area contributed by atoms with Gasteiger partial charge in [0.15, 0.2) is 0 Å². The van der Waals surface area contributed by atoms with Gasteiger partial charge in [-0.05, 0) is 36.0 Å². The normalized spacial score (nSPS) is 21.0. The number of aromatic nitrogens is 1. The van der Waals surface area contributed by atoms with Crippen molar-refractivity contribution in [3.8, 4) is 0 Å². The van der Waals surface area contributed by atoms with Crippen LogP contribution in [0.4, 0.5) is 0 Å². The lowest BCUT2D eigenvalue weighted by Crippen LogP contribution is -2.41. The highest BCUT2D eigenvalue weighted by Gasteiger charge is 2.32. The number of nitrogens with two attached hydrogens (primary N) is 1. The van der Waals surface area contributed by atoms with Gasteiger partial charge in [-0.2, -0.15) is 0 Å². The molecule has 0 bridgehead atoms. The lowest BCUT2D eigenvalue weighted by molar-refractivity contribution is -0.133. The second-order valence-electron chi connectivity index (χ2n) is 6.70. The first kappa shape index (κ1) is 15.0. The van der Waals surface area contributed by atoms with Crippen molar-refractivity contribution in [3.63, 3.8) is 0 Å². The molecule has 0 radical (unpaired) electrons. The molecule has 1 saturated heterocycles. The SMILES string of the molecule is CC(C)(C)C(N)CC(=O)N1CCCC1c1ccncc1. The van der Waals surface area contributed by atoms with Crippen LogP contribution >= 0.6 is 0 Å². The lowest BCUT2D eigenvalue weighted by Gasteiger charge is -2.30. The van der Waals surface area contributed by atoms with Crippen molar-refractivity contribution in [1.29, 1.82) is 0 Å². The van der Waals surface area contributed by atoms with Crippen LogP contribution in [-0.2, 0) is 4.79 Å². The van der Waals surface area contributed by atoms with Crippen LogP contribution in [-0.4, -0.2) is 28.4 Å². The monoisotopic (exact) mass is 275 g/mol. The summed E-state index contributed by atoms with van der Waals surface area (Å²) < 4.78 is 0. The van der Waals surface area contributed by atoms with Gasteiger partial charge in [0, 0.05) is 31.4 Å². The number of hydrogen-bond donors (Lipinski definition) is 1. The van der Waals surface area contributed by atoms with Crippen LogP contribution in [0.25, 0.3) is 0 Å². The minimum atomic E-state index is -0.103. The Kier molecular flexibility index (Phi) is 4.43. The third kappa shape index (κ3) is 3.37. The van der Waals surface area contributed by atoms with Crippen molar-refractivity contribution in [2.24, 2.45) is 11.1 Å². The lowest BCUT2D eigenvalue weighted by atomic mass is 9.85. The molecule has 1 fully saturated rings. The third-order valence-electron chi connectivity index (χ3n) is 4.17. The predicted molar refractivity (Wildman–Crippen MR) is 80.0 cm³/mol. The maximum atomic E-state index is 12.5. The van der Waals surface area contributed by atoms with E-state index in [1.807, 2.05) is 17.0 Å². The summed E-state index contributed by atoms with van der Waals surface area (Å²) in [6.07, 6.45) is 6.09. The molecule has 0 saturated carbocycles. The molecule has 1 aliphatic rings. The Bertz CT molecular complexity index is 453. The van der Waals surface area contributed by atoms with Crippen LogP contribution in [0, 0.1) is 5.41 Å². The summed E-state index contributed by atoms with van der Waals surface area (Å²) in [6, 6.07) is 4.09. The van der Waals surface area contributed by atoms with Crippen LogP contribution in [0.3, 0.4) is 0 Å². The van der Waals surface area contributed by atoms with E-state index in [4.69, 9.17) is 5.73 Å². The molecule has 2 N–H and O–H groups in total. The molecule has 4 nitrogen and oxygen atoms in total. The Morgan fingerprint density at radius 1 is 1.45 bits per heavy atom. The van der Waals surface area contributed by atoms with Gasteiger partial charge in [-0.15, -0.1) is 0 Å². The van der Waals surface area contributed by atoms with E-state index >= 15 is 0 Å². The molecule has 1 aromatic heterocycles. The molecule has 2 unspecified atom stereocenters. The first-order valence-electron chi connectivity index (χ1n) is 7.34. The summed E-state index contributed by atoms with van der Waals surface area (Å²) in [7, 11) is 0. The summed E-state index contributed by atoms with van der Waals surface area (Å²) in [5, 5.41) is 0. The minimum Gasteiger partial charge on any atom is -0.336 e. The zero-order chi connectivity index (χ0) is 14.8. The predicted octanol–water partition coefficient (Wildman–Crippen LogP) is 2.51. The van der Waals surface area contributed by atoms with E-state index in [2.05, 4.69) is 25.8 Å². The summed E-state index contributed by atoms with van der Waals surface area (Å²) in [4.78, 5) is 18.5. The van der Waals surface area contributed by atoms with E-state index < -0.39 is 0 Å². The average Bonchev–Trinajstić information content (AvgIpc) is 2.87. The Morgan fingerprint density at radius 3 is 2.70 bits per heavy atom. The first-order chi connectivity index (χ1) is 9.39. The van der Waals surface area contributed by atoms with Crippen LogP contribution in [0.2, 0.25) is 0 Å². The van der Waals surface area contributed by atoms with Gasteiger partial charge in [0.05, 0.1) is 6.04 Å². The number of rotatable bonds is 3. The summed E-state index contributed by atoms with van der Waals surface area (Å²) in [6.45, 7) is 7.07. The third-order valence-corrected chi connectivity index (χ3v) is 4.17. The molecule has 2 heterocycles. The molecular weight excluding hydrogens is 250 g/mol. The quantitative estimate of drug-likeness (QED) is 0.922. The van der Waals surface area contributed by atoms with Crippen LogP contribution < -0.4 is 5.73 Å². The number of amides is 1. The van der Waals surface area contributed by atoms with Gasteiger partial charge in [-0.1, -0.05) is 20.8 Å². The van der Waals surface area contributed by atoms with E-state index in [0.29, 0.717) is 6.42 Å². The molecule has 110 valence electrons. The number of likely N-dealkylation sites (tertiary alicyclic amines) is 1. The highest BCUT2D eigenvalue weighted by molar-refractivity contribution is 5.77. The van der Waals surface area contributed by atoms with Gasteiger partial charge < -0.3 is 10.6 Å². The van der Waals surface area contributed by atoms with Crippen molar-refractivity contribution in [3.05, 3.63) is 30.1 Å². The standard InChI is InChI=1S/C16H25N3O/c1-16(2,3)14(17)11-15(20)19-10-4-5-13(19)12-6-8-18-9-7-12/h6-9,13-14H,4-5,10-11,17H2,1-3H3. The van der Waals surface area contributed by atoms with Gasteiger partial charge in [0.25, 0.3) is 0 Å². The van der Waals surface area contributed by atoms with E-state index in [1.165, 1.54) is 5.56 Å². The molecule has 1 aliphatic heterocycles. The van der Waals surface area contributed by atoms with Gasteiger partial charge in [-0.25, -0.2) is 0 Å². The number of hydrogen-bond acceptors (Lipinski definition) is 3. The maximum Gasteiger partial charge on any atom is 0.224 e. The van der Waals surface area contributed by atoms with Gasteiger partial charge >= 0.3 is 0 Å². The molecular formula is C16H25N3O. The fraction of sp³-hybridized carbons (Fsp3) is 0.625. The van der Waals surface area contributed by atoms with Crippen LogP contribution in [0.15, 0.2) is 24.5 Å². The summed E-state index contributed by atoms with van der Waals surface area (Å²) >= 11 is 0. The van der Waals surface area contributed by atoms with E-state index in [1.54, 1.807) is 12.4 Å². The Labute approximate surface area is 121 Å². The molecule has 1 aromatic rings. The smallest absolute Gasteiger partial charge is 0.224 e. The maximum absolute atomic E-state index is 12.5. The number of carbonyl (C=O) groups excluding carboxylic acids is 1. The van der Waals surface area contributed by atoms with E-state index in [-0.39, 0.29) is 23.4 Å². The summed E-state index contributed by atoms with van der Waals surface area (Å²) in [5.41, 5.74) is 7.28. The van der Waals surface area contributed by atoms with Gasteiger partial charge in [0.2, 0.25) is 5.91 Å². The Balaban J connectivity index is 2.06. The molecule has 2 atom stereocenters. The zero-order valence-electron chi connectivity index (χ0n) is 12.7. The second kappa shape index (κ2) is 5.92. The minimum absolute atomic E-state index is 0.0401. The van der Waals surface area contributed by atoms with Gasteiger partial charge in [0.1, 0.15) is 0 Å². The van der Waals surface area contributed by atoms with Crippen molar-refractivity contribution in [2.75, 3.05) is 6.54 Å². The molecule has 0 aromatic carbocycles. The average molecular weight is 275 g/mol. The fourth-order valence-electron chi connectivity index (χ4n) is 2.61. The Hall–Kier alpha value is -1.42. The number of carbonyl (C=O) groups is 1. The number of nitrogens with zero attached hydrogens (tertiary/aromatic N) is 2.